The molecule has 2 rings (SSSR count). The molecule has 2 aromatic rings. The zero-order chi connectivity index (χ0) is 15.1. The zero-order valence-electron chi connectivity index (χ0n) is 12.6. The molecule has 1 aromatic carbocycles. The molecule has 0 spiro atoms. The topological polar surface area (TPSA) is 33.0 Å². The van der Waals surface area contributed by atoms with Crippen LogP contribution < -0.4 is 26.9 Å². The molecule has 118 valence electrons. The number of nitrogens with one attached hydrogen (secondary N) is 1. The molecule has 0 bridgehead atoms. The number of aromatic nitrogens is 1. The number of carbonyl (C=O) groups is 1. The van der Waals surface area contributed by atoms with Crippen LogP contribution in [0.15, 0.2) is 48.8 Å². The number of amides is 1. The van der Waals surface area contributed by atoms with Crippen molar-refractivity contribution in [2.75, 3.05) is 5.32 Å². The summed E-state index contributed by atoms with van der Waals surface area (Å²) in [6, 6.07) is 11.5. The normalized spacial score (nSPS) is 9.91. The Labute approximate surface area is 147 Å². The van der Waals surface area contributed by atoms with Crippen LogP contribution in [0.4, 0.5) is 5.69 Å². The Balaban J connectivity index is 0.00000242. The van der Waals surface area contributed by atoms with Crippen molar-refractivity contribution in [2.45, 2.75) is 32.7 Å². The number of nitrogens with zero attached hydrogens (tertiary/aromatic N) is 1. The summed E-state index contributed by atoms with van der Waals surface area (Å²) in [5.41, 5.74) is 1.82. The van der Waals surface area contributed by atoms with E-state index in [9.17, 15) is 4.79 Å². The molecule has 0 atom stereocenters. The quantitative estimate of drug-likeness (QED) is 0.579. The number of carbonyl (C=O) groups excluding carboxylic acids is 1. The van der Waals surface area contributed by atoms with Crippen molar-refractivity contribution in [3.63, 3.8) is 0 Å². The Morgan fingerprint density at radius 2 is 1.91 bits per heavy atom. The summed E-state index contributed by atoms with van der Waals surface area (Å²) in [6.07, 6.45) is 6.45. The average molecular weight is 384 g/mol. The van der Waals surface area contributed by atoms with Crippen LogP contribution >= 0.6 is 11.6 Å². The highest BCUT2D eigenvalue weighted by Crippen LogP contribution is 2.20. The van der Waals surface area contributed by atoms with Crippen LogP contribution in [-0.2, 0) is 11.3 Å². The van der Waals surface area contributed by atoms with Crippen molar-refractivity contribution in [3.8, 4) is 0 Å². The van der Waals surface area contributed by atoms with Crippen LogP contribution in [0.25, 0.3) is 0 Å². The van der Waals surface area contributed by atoms with Gasteiger partial charge in [-0.05, 0) is 31.0 Å². The molecule has 1 aromatic heterocycles. The lowest BCUT2D eigenvalue weighted by molar-refractivity contribution is -0.697. The molecule has 22 heavy (non-hydrogen) atoms. The van der Waals surface area contributed by atoms with E-state index in [0.29, 0.717) is 11.4 Å². The number of unbranched alkanes of at least 4 members (excludes halogenated alkanes) is 1. The van der Waals surface area contributed by atoms with Gasteiger partial charge in [-0.2, -0.15) is 0 Å². The second-order valence-electron chi connectivity index (χ2n) is 5.08. The third-order valence-electron chi connectivity index (χ3n) is 3.32. The monoisotopic (exact) mass is 382 g/mol. The highest BCUT2D eigenvalue weighted by Gasteiger charge is 2.06. The molecule has 0 aliphatic heterocycles. The minimum Gasteiger partial charge on any atom is -1.00 e. The van der Waals surface area contributed by atoms with Gasteiger partial charge in [0, 0.05) is 35.7 Å². The summed E-state index contributed by atoms with van der Waals surface area (Å²) in [6.45, 7) is 2.89. The third kappa shape index (κ3) is 6.16. The summed E-state index contributed by atoms with van der Waals surface area (Å²) in [5, 5.41) is 3.56. The lowest BCUT2D eigenvalue weighted by Gasteiger charge is -2.08. The molecular formula is C17H20BrClN2O. The van der Waals surface area contributed by atoms with Gasteiger partial charge < -0.3 is 22.3 Å². The fourth-order valence-corrected chi connectivity index (χ4v) is 2.28. The van der Waals surface area contributed by atoms with Gasteiger partial charge in [0.1, 0.15) is 6.54 Å². The van der Waals surface area contributed by atoms with E-state index in [1.54, 1.807) is 6.07 Å². The summed E-state index contributed by atoms with van der Waals surface area (Å²) in [4.78, 5) is 11.9. The lowest BCUT2D eigenvalue weighted by Crippen LogP contribution is -3.00. The first kappa shape index (κ1) is 18.7. The van der Waals surface area contributed by atoms with Gasteiger partial charge in [0.2, 0.25) is 5.91 Å². The number of aryl methyl sites for hydroxylation is 2. The lowest BCUT2D eigenvalue weighted by atomic mass is 10.2. The molecule has 1 N–H and O–H groups in total. The molecule has 0 fully saturated rings. The van der Waals surface area contributed by atoms with Crippen molar-refractivity contribution in [2.24, 2.45) is 0 Å². The van der Waals surface area contributed by atoms with E-state index in [1.165, 1.54) is 0 Å². The number of rotatable bonds is 6. The van der Waals surface area contributed by atoms with Crippen LogP contribution in [0.1, 0.15) is 24.8 Å². The maximum Gasteiger partial charge on any atom is 0.224 e. The predicted molar refractivity (Wildman–Crippen MR) is 85.3 cm³/mol. The molecule has 0 radical (unpaired) electrons. The zero-order valence-corrected chi connectivity index (χ0v) is 14.9. The van der Waals surface area contributed by atoms with Gasteiger partial charge in [-0.15, -0.1) is 0 Å². The van der Waals surface area contributed by atoms with Crippen molar-refractivity contribution >= 4 is 23.2 Å². The number of benzene rings is 1. The van der Waals surface area contributed by atoms with E-state index in [2.05, 4.69) is 9.88 Å². The first-order valence-electron chi connectivity index (χ1n) is 7.15. The van der Waals surface area contributed by atoms with E-state index >= 15 is 0 Å². The van der Waals surface area contributed by atoms with Gasteiger partial charge in [0.25, 0.3) is 0 Å². The SMILES string of the molecule is Cc1ccc(Cl)cc1NC(=O)CCCC[n+]1ccccc1.[Br-]. The van der Waals surface area contributed by atoms with Crippen molar-refractivity contribution < 1.29 is 26.3 Å². The Kier molecular flexibility index (Phi) is 8.13. The smallest absolute Gasteiger partial charge is 0.224 e. The summed E-state index contributed by atoms with van der Waals surface area (Å²) in [5.74, 6) is 0.0402. The van der Waals surface area contributed by atoms with Gasteiger partial charge in [-0.25, -0.2) is 4.57 Å². The van der Waals surface area contributed by atoms with Crippen LogP contribution in [0.2, 0.25) is 5.02 Å². The third-order valence-corrected chi connectivity index (χ3v) is 3.56. The minimum absolute atomic E-state index is 0. The molecule has 1 heterocycles. The van der Waals surface area contributed by atoms with Crippen molar-refractivity contribution in [1.82, 2.24) is 0 Å². The fourth-order valence-electron chi connectivity index (χ4n) is 2.10. The maximum atomic E-state index is 11.9. The van der Waals surface area contributed by atoms with Crippen LogP contribution in [0, 0.1) is 6.92 Å². The second-order valence-corrected chi connectivity index (χ2v) is 5.51. The second kappa shape index (κ2) is 9.59. The Morgan fingerprint density at radius 1 is 1.18 bits per heavy atom. The highest BCUT2D eigenvalue weighted by atomic mass is 79.9. The Bertz CT molecular complexity index is 605. The van der Waals surface area contributed by atoms with Gasteiger partial charge >= 0.3 is 0 Å². The number of hydrogen-bond acceptors (Lipinski definition) is 1. The summed E-state index contributed by atoms with van der Waals surface area (Å²) >= 11 is 5.94. The van der Waals surface area contributed by atoms with Gasteiger partial charge in [0.05, 0.1) is 0 Å². The van der Waals surface area contributed by atoms with Crippen molar-refractivity contribution in [3.05, 3.63) is 59.4 Å². The molecule has 0 aliphatic carbocycles. The maximum absolute atomic E-state index is 11.9. The molecule has 5 heteroatoms. The number of pyridine rings is 1. The van der Waals surface area contributed by atoms with Gasteiger partial charge in [0.15, 0.2) is 12.4 Å². The Morgan fingerprint density at radius 3 is 2.64 bits per heavy atom. The van der Waals surface area contributed by atoms with E-state index in [-0.39, 0.29) is 22.9 Å². The van der Waals surface area contributed by atoms with Crippen molar-refractivity contribution in [1.29, 1.82) is 0 Å². The molecule has 0 unspecified atom stereocenters. The largest absolute Gasteiger partial charge is 1.00 e. The van der Waals surface area contributed by atoms with E-state index in [1.807, 2.05) is 49.6 Å². The fraction of sp³-hybridized carbons (Fsp3) is 0.294. The van der Waals surface area contributed by atoms with E-state index in [4.69, 9.17) is 11.6 Å². The first-order chi connectivity index (χ1) is 10.1. The Hall–Kier alpha value is -1.39. The molecule has 0 saturated heterocycles. The molecule has 0 aliphatic rings. The first-order valence-corrected chi connectivity index (χ1v) is 7.53. The van der Waals surface area contributed by atoms with Crippen LogP contribution in [-0.4, -0.2) is 5.91 Å². The minimum atomic E-state index is 0. The molecule has 3 nitrogen and oxygen atoms in total. The summed E-state index contributed by atoms with van der Waals surface area (Å²) in [7, 11) is 0. The number of halogens is 2. The standard InChI is InChI=1S/C17H19ClN2O.BrH/c1-14-8-9-15(18)13-16(14)19-17(21)7-3-6-12-20-10-4-2-5-11-20;/h2,4-5,8-11,13H,3,6-7,12H2,1H3;1H. The van der Waals surface area contributed by atoms with Crippen LogP contribution in [0.5, 0.6) is 0 Å². The van der Waals surface area contributed by atoms with E-state index < -0.39 is 0 Å². The summed E-state index contributed by atoms with van der Waals surface area (Å²) < 4.78 is 2.12. The van der Waals surface area contributed by atoms with Gasteiger partial charge in [-0.3, -0.25) is 4.79 Å². The van der Waals surface area contributed by atoms with Gasteiger partial charge in [-0.1, -0.05) is 23.7 Å². The van der Waals surface area contributed by atoms with Crippen LogP contribution in [0.3, 0.4) is 0 Å². The van der Waals surface area contributed by atoms with E-state index in [0.717, 1.165) is 30.6 Å². The molecule has 0 saturated carbocycles. The molecular weight excluding hydrogens is 364 g/mol. The predicted octanol–water partition coefficient (Wildman–Crippen LogP) is 0.749. The number of anilines is 1. The average Bonchev–Trinajstić information content (AvgIpc) is 2.48. The highest BCUT2D eigenvalue weighted by molar-refractivity contribution is 6.31. The molecule has 1 amide bonds. The number of hydrogen-bond donors (Lipinski definition) is 1.